The maximum atomic E-state index is 10.8. The second-order valence-electron chi connectivity index (χ2n) is 7.99. The molecule has 32 heavy (non-hydrogen) atoms. The molecular weight excluding hydrogens is 472 g/mol. The van der Waals surface area contributed by atoms with Crippen molar-refractivity contribution >= 4 is 38.7 Å². The highest BCUT2D eigenvalue weighted by Gasteiger charge is 2.58. The van der Waals surface area contributed by atoms with E-state index < -0.39 is 12.3 Å². The van der Waals surface area contributed by atoms with Gasteiger partial charge < -0.3 is 14.7 Å². The Balaban J connectivity index is 1.41. The lowest BCUT2D eigenvalue weighted by Crippen LogP contribution is -2.48. The number of ether oxygens (including phenoxy) is 1. The molecule has 3 aromatic carbocycles. The van der Waals surface area contributed by atoms with Crippen LogP contribution in [-0.2, 0) is 4.84 Å². The van der Waals surface area contributed by atoms with Crippen LogP contribution in [-0.4, -0.2) is 36.3 Å². The van der Waals surface area contributed by atoms with Crippen molar-refractivity contribution in [3.63, 3.8) is 0 Å². The lowest BCUT2D eigenvalue weighted by molar-refractivity contribution is -0.100. The van der Waals surface area contributed by atoms with Crippen LogP contribution in [0, 0.1) is 0 Å². The van der Waals surface area contributed by atoms with Crippen molar-refractivity contribution in [2.75, 3.05) is 17.0 Å². The van der Waals surface area contributed by atoms with E-state index in [1.54, 1.807) is 7.11 Å². The van der Waals surface area contributed by atoms with Crippen molar-refractivity contribution < 1.29 is 14.7 Å². The molecule has 2 fully saturated rings. The molecule has 4 unspecified atom stereocenters. The van der Waals surface area contributed by atoms with Crippen molar-refractivity contribution in [1.82, 2.24) is 5.59 Å². The van der Waals surface area contributed by atoms with Crippen molar-refractivity contribution in [3.8, 4) is 5.75 Å². The third kappa shape index (κ3) is 3.10. The summed E-state index contributed by atoms with van der Waals surface area (Å²) in [5.41, 5.74) is 7.79. The molecule has 0 aliphatic carbocycles. The molecule has 3 aliphatic rings. The highest BCUT2D eigenvalue weighted by Crippen LogP contribution is 2.55. The number of hydrogen-bond donors (Lipinski definition) is 2. The summed E-state index contributed by atoms with van der Waals surface area (Å²) in [5.74, 6) is 0.763. The number of rotatable bonds is 4. The summed E-state index contributed by atoms with van der Waals surface area (Å²) in [6, 6.07) is 23.8. The highest BCUT2D eigenvalue weighted by molar-refractivity contribution is 9.10. The van der Waals surface area contributed by atoms with Crippen molar-refractivity contribution in [3.05, 3.63) is 82.8 Å². The number of para-hydroxylation sites is 2. The molecule has 0 aromatic heterocycles. The van der Waals surface area contributed by atoms with Gasteiger partial charge in [0.2, 0.25) is 6.29 Å². The van der Waals surface area contributed by atoms with Gasteiger partial charge in [-0.2, -0.15) is 0 Å². The Morgan fingerprint density at radius 1 is 0.969 bits per heavy atom. The zero-order chi connectivity index (χ0) is 21.8. The molecule has 0 amide bonds. The first kappa shape index (κ1) is 19.8. The Kier molecular flexibility index (Phi) is 4.69. The molecule has 0 bridgehead atoms. The fourth-order valence-electron chi connectivity index (χ4n) is 4.66. The topological polar surface area (TPSA) is 69.3 Å². The van der Waals surface area contributed by atoms with E-state index in [1.807, 2.05) is 47.5 Å². The van der Waals surface area contributed by atoms with E-state index in [0.717, 1.165) is 33.0 Å². The number of anilines is 2. The van der Waals surface area contributed by atoms with E-state index in [-0.39, 0.29) is 12.1 Å². The number of nitrogens with zero attached hydrogens (tertiary/aromatic N) is 3. The van der Waals surface area contributed by atoms with Gasteiger partial charge in [-0.25, -0.2) is 4.84 Å². The second-order valence-corrected chi connectivity index (χ2v) is 8.90. The maximum Gasteiger partial charge on any atom is 0.204 e. The number of methoxy groups -OCH3 is 1. The van der Waals surface area contributed by atoms with Crippen molar-refractivity contribution in [1.29, 1.82) is 0 Å². The van der Waals surface area contributed by atoms with Crippen LogP contribution in [0.3, 0.4) is 0 Å². The number of nitrogens with one attached hydrogen (secondary N) is 1. The minimum atomic E-state index is -1.06. The van der Waals surface area contributed by atoms with Crippen molar-refractivity contribution in [2.24, 2.45) is 4.99 Å². The zero-order valence-electron chi connectivity index (χ0n) is 17.2. The quantitative estimate of drug-likeness (QED) is 0.534. The number of aliphatic hydroxyl groups excluding tert-OH is 1. The number of fused-ring (bicyclic) bond motifs is 3. The van der Waals surface area contributed by atoms with Gasteiger partial charge in [0.25, 0.3) is 0 Å². The van der Waals surface area contributed by atoms with E-state index in [0.29, 0.717) is 0 Å². The standard InChI is InChI=1S/C24H21BrN4O3/c1-31-17-12-10-16(11-13-17)29-23(24(30)32-27-29)20-22-21(14-6-8-15(25)9-7-14)28(22)19-5-3-2-4-18(19)26-20/h2-13,21-24,27,30H,1H3. The third-order valence-electron chi connectivity index (χ3n) is 6.21. The van der Waals surface area contributed by atoms with E-state index in [9.17, 15) is 5.11 Å². The van der Waals surface area contributed by atoms with Crippen LogP contribution in [0.25, 0.3) is 0 Å². The average Bonchev–Trinajstić information content (AvgIpc) is 3.47. The number of hydrogen-bond acceptors (Lipinski definition) is 7. The predicted molar refractivity (Wildman–Crippen MR) is 126 cm³/mol. The summed E-state index contributed by atoms with van der Waals surface area (Å²) in [6.45, 7) is 0. The van der Waals surface area contributed by atoms with E-state index >= 15 is 0 Å². The fraction of sp³-hybridized carbons (Fsp3) is 0.208. The summed E-state index contributed by atoms with van der Waals surface area (Å²) in [5, 5.41) is 12.6. The summed E-state index contributed by atoms with van der Waals surface area (Å²) in [6.07, 6.45) is -1.06. The molecule has 2 saturated heterocycles. The van der Waals surface area contributed by atoms with E-state index in [4.69, 9.17) is 14.6 Å². The van der Waals surface area contributed by atoms with Crippen molar-refractivity contribution in [2.45, 2.75) is 24.4 Å². The number of aliphatic imine (C=N–C) groups is 1. The van der Waals surface area contributed by atoms with Crippen LogP contribution in [0.15, 0.2) is 82.3 Å². The maximum absolute atomic E-state index is 10.8. The Morgan fingerprint density at radius 3 is 2.47 bits per heavy atom. The molecule has 3 aromatic rings. The molecule has 0 radical (unpaired) electrons. The average molecular weight is 493 g/mol. The number of aliphatic hydroxyl groups is 1. The number of hydrazine groups is 1. The zero-order valence-corrected chi connectivity index (χ0v) is 18.8. The SMILES string of the molecule is COc1ccc(N2NOC(O)C2C2=Nc3ccccc3N3C2C3c2ccc(Br)cc2)cc1. The van der Waals surface area contributed by atoms with E-state index in [1.165, 1.54) is 5.56 Å². The first-order valence-electron chi connectivity index (χ1n) is 10.4. The molecule has 4 atom stereocenters. The Hall–Kier alpha value is -2.91. The van der Waals surface area contributed by atoms with Gasteiger partial charge in [0.05, 0.1) is 42.0 Å². The van der Waals surface area contributed by atoms with Crippen LogP contribution < -0.4 is 20.2 Å². The fourth-order valence-corrected chi connectivity index (χ4v) is 4.92. The summed E-state index contributed by atoms with van der Waals surface area (Å²) in [7, 11) is 1.64. The highest BCUT2D eigenvalue weighted by atomic mass is 79.9. The Labute approximate surface area is 193 Å². The lowest BCUT2D eigenvalue weighted by Gasteiger charge is -2.28. The normalized spacial score (nSPS) is 25.8. The molecule has 2 N–H and O–H groups in total. The molecule has 3 heterocycles. The molecule has 8 heteroatoms. The molecule has 6 rings (SSSR count). The number of benzene rings is 3. The molecular formula is C24H21BrN4O3. The van der Waals surface area contributed by atoms with Gasteiger partial charge in [0.1, 0.15) is 11.8 Å². The number of halogens is 1. The van der Waals surface area contributed by atoms with Crippen LogP contribution in [0.2, 0.25) is 0 Å². The summed E-state index contributed by atoms with van der Waals surface area (Å²) in [4.78, 5) is 12.8. The van der Waals surface area contributed by atoms with Gasteiger partial charge in [-0.1, -0.05) is 40.2 Å². The van der Waals surface area contributed by atoms with Gasteiger partial charge in [-0.3, -0.25) is 10.0 Å². The lowest BCUT2D eigenvalue weighted by atomic mass is 10.0. The van der Waals surface area contributed by atoms with Crippen LogP contribution >= 0.6 is 15.9 Å². The monoisotopic (exact) mass is 492 g/mol. The molecule has 0 spiro atoms. The molecule has 0 saturated carbocycles. The van der Waals surface area contributed by atoms with Gasteiger partial charge >= 0.3 is 0 Å². The molecule has 7 nitrogen and oxygen atoms in total. The largest absolute Gasteiger partial charge is 0.497 e. The van der Waals surface area contributed by atoms with Crippen LogP contribution in [0.4, 0.5) is 17.1 Å². The van der Waals surface area contributed by atoms with Crippen LogP contribution in [0.5, 0.6) is 5.75 Å². The predicted octanol–water partition coefficient (Wildman–Crippen LogP) is 4.12. The first-order valence-corrected chi connectivity index (χ1v) is 11.2. The third-order valence-corrected chi connectivity index (χ3v) is 6.74. The van der Waals surface area contributed by atoms with Gasteiger partial charge in [0.15, 0.2) is 0 Å². The van der Waals surface area contributed by atoms with Crippen LogP contribution in [0.1, 0.15) is 11.6 Å². The second kappa shape index (κ2) is 7.60. The smallest absolute Gasteiger partial charge is 0.204 e. The van der Waals surface area contributed by atoms with Gasteiger partial charge in [0, 0.05) is 4.47 Å². The Morgan fingerprint density at radius 2 is 1.72 bits per heavy atom. The van der Waals surface area contributed by atoms with Gasteiger partial charge in [-0.05, 0) is 54.1 Å². The minimum Gasteiger partial charge on any atom is -0.497 e. The van der Waals surface area contributed by atoms with E-state index in [2.05, 4.69) is 56.8 Å². The molecule has 162 valence electrons. The van der Waals surface area contributed by atoms with Gasteiger partial charge in [-0.15, -0.1) is 5.59 Å². The minimum absolute atomic E-state index is 0.0370. The summed E-state index contributed by atoms with van der Waals surface area (Å²) < 4.78 is 6.32. The first-order chi connectivity index (χ1) is 15.7. The summed E-state index contributed by atoms with van der Waals surface area (Å²) >= 11 is 3.52. The Bertz CT molecular complexity index is 1180. The molecule has 3 aliphatic heterocycles.